The first-order valence-corrected chi connectivity index (χ1v) is 7.60. The van der Waals surface area contributed by atoms with Gasteiger partial charge in [0.2, 0.25) is 0 Å². The second-order valence-electron chi connectivity index (χ2n) is 4.91. The van der Waals surface area contributed by atoms with Gasteiger partial charge in [0.05, 0.1) is 24.4 Å². The lowest BCUT2D eigenvalue weighted by Crippen LogP contribution is -2.16. The first-order chi connectivity index (χ1) is 9.81. The zero-order valence-electron chi connectivity index (χ0n) is 11.3. The fourth-order valence-corrected chi connectivity index (χ4v) is 3.68. The molecule has 1 aliphatic carbocycles. The lowest BCUT2D eigenvalue weighted by molar-refractivity contribution is 0.415. The van der Waals surface area contributed by atoms with E-state index in [9.17, 15) is 5.26 Å². The number of rotatable bonds is 3. The number of anilines is 1. The van der Waals surface area contributed by atoms with Crippen molar-refractivity contribution in [3.63, 3.8) is 0 Å². The molecule has 1 unspecified atom stereocenters. The summed E-state index contributed by atoms with van der Waals surface area (Å²) in [5.41, 5.74) is 2.90. The summed E-state index contributed by atoms with van der Waals surface area (Å²) in [6.07, 6.45) is 3.47. The van der Waals surface area contributed by atoms with E-state index in [0.717, 1.165) is 17.9 Å². The van der Waals surface area contributed by atoms with Crippen LogP contribution < -0.4 is 10.1 Å². The zero-order chi connectivity index (χ0) is 13.9. The van der Waals surface area contributed by atoms with E-state index in [-0.39, 0.29) is 0 Å². The van der Waals surface area contributed by atoms with Gasteiger partial charge in [-0.1, -0.05) is 0 Å². The van der Waals surface area contributed by atoms with Gasteiger partial charge in [0, 0.05) is 10.9 Å². The molecule has 0 spiro atoms. The summed E-state index contributed by atoms with van der Waals surface area (Å²) in [5.74, 6) is 0.771. The minimum atomic E-state index is 0.296. The lowest BCUT2D eigenvalue weighted by Gasteiger charge is -2.25. The number of methoxy groups -OCH3 is 1. The number of ether oxygens (including phenoxy) is 1. The first-order valence-electron chi connectivity index (χ1n) is 6.72. The molecule has 0 amide bonds. The van der Waals surface area contributed by atoms with Crippen LogP contribution in [0.2, 0.25) is 0 Å². The highest BCUT2D eigenvalue weighted by atomic mass is 32.1. The van der Waals surface area contributed by atoms with E-state index >= 15 is 0 Å². The number of aryl methyl sites for hydroxylation is 1. The van der Waals surface area contributed by atoms with E-state index in [2.05, 4.69) is 22.8 Å². The lowest BCUT2D eigenvalue weighted by atomic mass is 9.93. The number of benzene rings is 1. The molecule has 20 heavy (non-hydrogen) atoms. The van der Waals surface area contributed by atoms with Crippen molar-refractivity contribution in [2.45, 2.75) is 25.3 Å². The Morgan fingerprint density at radius 3 is 3.10 bits per heavy atom. The van der Waals surface area contributed by atoms with Gasteiger partial charge in [-0.2, -0.15) is 5.26 Å². The first kappa shape index (κ1) is 13.0. The van der Waals surface area contributed by atoms with Crippen molar-refractivity contribution < 1.29 is 4.74 Å². The van der Waals surface area contributed by atoms with Gasteiger partial charge >= 0.3 is 0 Å². The van der Waals surface area contributed by atoms with Crippen LogP contribution in [-0.4, -0.2) is 7.11 Å². The summed E-state index contributed by atoms with van der Waals surface area (Å²) >= 11 is 1.83. The molecule has 3 rings (SSSR count). The molecule has 2 aromatic rings. The van der Waals surface area contributed by atoms with E-state index < -0.39 is 0 Å². The largest absolute Gasteiger partial charge is 0.497 e. The molecule has 0 aliphatic heterocycles. The summed E-state index contributed by atoms with van der Waals surface area (Å²) < 4.78 is 5.25. The number of hydrogen-bond acceptors (Lipinski definition) is 4. The van der Waals surface area contributed by atoms with Crippen LogP contribution in [0.25, 0.3) is 0 Å². The summed E-state index contributed by atoms with van der Waals surface area (Å²) in [7, 11) is 1.64. The Hall–Kier alpha value is -1.99. The van der Waals surface area contributed by atoms with Crippen molar-refractivity contribution in [3.8, 4) is 11.8 Å². The van der Waals surface area contributed by atoms with Gasteiger partial charge in [0.25, 0.3) is 0 Å². The van der Waals surface area contributed by atoms with Crippen molar-refractivity contribution >= 4 is 17.0 Å². The predicted molar refractivity (Wildman–Crippen MR) is 81.3 cm³/mol. The van der Waals surface area contributed by atoms with Crippen LogP contribution in [-0.2, 0) is 6.42 Å². The van der Waals surface area contributed by atoms with E-state index in [0.29, 0.717) is 11.6 Å². The van der Waals surface area contributed by atoms with Crippen molar-refractivity contribution in [1.82, 2.24) is 0 Å². The van der Waals surface area contributed by atoms with Crippen LogP contribution in [0, 0.1) is 11.3 Å². The normalized spacial score (nSPS) is 17.1. The summed E-state index contributed by atoms with van der Waals surface area (Å²) in [6, 6.07) is 10.3. The van der Waals surface area contributed by atoms with Gasteiger partial charge in [-0.3, -0.25) is 0 Å². The highest BCUT2D eigenvalue weighted by molar-refractivity contribution is 7.10. The van der Waals surface area contributed by atoms with E-state index in [1.165, 1.54) is 23.3 Å². The molecule has 0 saturated carbocycles. The van der Waals surface area contributed by atoms with Gasteiger partial charge < -0.3 is 10.1 Å². The SMILES string of the molecule is COc1ccc(C#N)c(NC2CCCc3sccc32)c1. The number of hydrogen-bond donors (Lipinski definition) is 1. The third kappa shape index (κ3) is 2.37. The highest BCUT2D eigenvalue weighted by Gasteiger charge is 2.21. The molecule has 0 bridgehead atoms. The fourth-order valence-electron chi connectivity index (χ4n) is 2.69. The Kier molecular flexibility index (Phi) is 3.62. The van der Waals surface area contributed by atoms with Gasteiger partial charge in [0.1, 0.15) is 11.8 Å². The van der Waals surface area contributed by atoms with Gasteiger partial charge in [-0.25, -0.2) is 0 Å². The topological polar surface area (TPSA) is 45.0 Å². The molecule has 0 saturated heterocycles. The average molecular weight is 284 g/mol. The molecular formula is C16H16N2OS. The minimum absolute atomic E-state index is 0.296. The van der Waals surface area contributed by atoms with Crippen LogP contribution in [0.1, 0.15) is 34.9 Å². The zero-order valence-corrected chi connectivity index (χ0v) is 12.2. The molecule has 1 aromatic heterocycles. The quantitative estimate of drug-likeness (QED) is 0.922. The number of nitriles is 1. The summed E-state index contributed by atoms with van der Waals surface area (Å²) in [5, 5.41) is 14.9. The minimum Gasteiger partial charge on any atom is -0.497 e. The maximum absolute atomic E-state index is 9.24. The second kappa shape index (κ2) is 5.56. The number of thiophene rings is 1. The van der Waals surface area contributed by atoms with E-state index in [1.807, 2.05) is 23.5 Å². The number of fused-ring (bicyclic) bond motifs is 1. The Balaban J connectivity index is 1.91. The summed E-state index contributed by atoms with van der Waals surface area (Å²) in [4.78, 5) is 1.47. The smallest absolute Gasteiger partial charge is 0.121 e. The van der Waals surface area contributed by atoms with Crippen LogP contribution >= 0.6 is 11.3 Å². The monoisotopic (exact) mass is 284 g/mol. The van der Waals surface area contributed by atoms with Crippen LogP contribution in [0.15, 0.2) is 29.6 Å². The number of nitrogens with one attached hydrogen (secondary N) is 1. The fraction of sp³-hybridized carbons (Fsp3) is 0.312. The van der Waals surface area contributed by atoms with Crippen molar-refractivity contribution in [3.05, 3.63) is 45.6 Å². The highest BCUT2D eigenvalue weighted by Crippen LogP contribution is 2.36. The van der Waals surface area contributed by atoms with Gasteiger partial charge in [-0.15, -0.1) is 11.3 Å². The molecule has 1 heterocycles. The molecule has 1 atom stereocenters. The second-order valence-corrected chi connectivity index (χ2v) is 5.91. The maximum Gasteiger partial charge on any atom is 0.121 e. The van der Waals surface area contributed by atoms with Crippen LogP contribution in [0.5, 0.6) is 5.75 Å². The molecule has 102 valence electrons. The standard InChI is InChI=1S/C16H16N2OS/c1-19-12-6-5-11(10-17)15(9-12)18-14-3-2-4-16-13(14)7-8-20-16/h5-9,14,18H,2-4H2,1H3. The maximum atomic E-state index is 9.24. The van der Waals surface area contributed by atoms with Crippen LogP contribution in [0.3, 0.4) is 0 Å². The average Bonchev–Trinajstić information content (AvgIpc) is 2.96. The summed E-state index contributed by atoms with van der Waals surface area (Å²) in [6.45, 7) is 0. The van der Waals surface area contributed by atoms with Crippen LogP contribution in [0.4, 0.5) is 5.69 Å². The molecule has 1 aromatic carbocycles. The van der Waals surface area contributed by atoms with Crippen molar-refractivity contribution in [1.29, 1.82) is 5.26 Å². The van der Waals surface area contributed by atoms with Crippen molar-refractivity contribution in [2.75, 3.05) is 12.4 Å². The Labute approximate surface area is 122 Å². The molecular weight excluding hydrogens is 268 g/mol. The third-order valence-corrected chi connectivity index (χ3v) is 4.73. The van der Waals surface area contributed by atoms with Gasteiger partial charge in [-0.05, 0) is 48.4 Å². The molecule has 0 fully saturated rings. The van der Waals surface area contributed by atoms with E-state index in [4.69, 9.17) is 4.74 Å². The molecule has 1 N–H and O–H groups in total. The third-order valence-electron chi connectivity index (χ3n) is 3.73. The number of nitrogens with zero attached hydrogens (tertiary/aromatic N) is 1. The Morgan fingerprint density at radius 1 is 1.40 bits per heavy atom. The Bertz CT molecular complexity index is 657. The van der Waals surface area contributed by atoms with E-state index in [1.54, 1.807) is 13.2 Å². The molecule has 0 radical (unpaired) electrons. The molecule has 4 heteroatoms. The Morgan fingerprint density at radius 2 is 2.30 bits per heavy atom. The molecule has 3 nitrogen and oxygen atoms in total. The van der Waals surface area contributed by atoms with Crippen molar-refractivity contribution in [2.24, 2.45) is 0 Å². The van der Waals surface area contributed by atoms with Gasteiger partial charge in [0.15, 0.2) is 0 Å². The molecule has 1 aliphatic rings. The predicted octanol–water partition coefficient (Wildman–Crippen LogP) is 4.12.